The number of nitrogens with zero attached hydrogens (tertiary/aromatic N) is 3. The number of benzene rings is 3. The lowest BCUT2D eigenvalue weighted by atomic mass is 10.0. The summed E-state index contributed by atoms with van der Waals surface area (Å²) in [6, 6.07) is 15.7. The van der Waals surface area contributed by atoms with Crippen LogP contribution in [-0.4, -0.2) is 46.9 Å². The number of Topliss-reactive ketones (excluding diaryl/α,β-unsaturated/α-hetero) is 1. The van der Waals surface area contributed by atoms with Gasteiger partial charge in [-0.1, -0.05) is 24.6 Å². The molecule has 3 heterocycles. The number of carbonyl (C=O) groups is 1. The van der Waals surface area contributed by atoms with Crippen molar-refractivity contribution in [1.29, 1.82) is 0 Å². The highest BCUT2D eigenvalue weighted by Crippen LogP contribution is 2.28. The first-order chi connectivity index (χ1) is 16.7. The lowest BCUT2D eigenvalue weighted by molar-refractivity contribution is 0.0986. The minimum absolute atomic E-state index is 0.0233. The van der Waals surface area contributed by atoms with Crippen LogP contribution in [0.4, 0.5) is 0 Å². The number of hydrogen-bond acceptors (Lipinski definition) is 7. The average Bonchev–Trinajstić information content (AvgIpc) is 3.50. The highest BCUT2D eigenvalue weighted by Gasteiger charge is 2.16. The molecular weight excluding hydrogens is 446 g/mol. The van der Waals surface area contributed by atoms with Crippen molar-refractivity contribution < 1.29 is 13.9 Å². The third kappa shape index (κ3) is 4.29. The van der Waals surface area contributed by atoms with E-state index in [-0.39, 0.29) is 12.2 Å². The molecule has 0 bridgehead atoms. The van der Waals surface area contributed by atoms with Crippen LogP contribution < -0.4 is 4.74 Å². The van der Waals surface area contributed by atoms with Crippen LogP contribution >= 0.6 is 11.3 Å². The zero-order valence-corrected chi connectivity index (χ0v) is 19.6. The van der Waals surface area contributed by atoms with E-state index in [9.17, 15) is 4.79 Å². The van der Waals surface area contributed by atoms with E-state index in [4.69, 9.17) is 9.15 Å². The van der Waals surface area contributed by atoms with Crippen LogP contribution in [0.25, 0.3) is 32.1 Å². The fourth-order valence-corrected chi connectivity index (χ4v) is 5.31. The summed E-state index contributed by atoms with van der Waals surface area (Å²) >= 11 is 1.56. The monoisotopic (exact) mass is 471 g/mol. The number of aromatic nitrogens is 2. The molecule has 0 aliphatic carbocycles. The molecule has 172 valence electrons. The van der Waals surface area contributed by atoms with Gasteiger partial charge >= 0.3 is 0 Å². The number of likely N-dealkylation sites (tertiary alicyclic amines) is 1. The normalized spacial score (nSPS) is 14.8. The minimum Gasteiger partial charge on any atom is -0.492 e. The molecule has 1 aliphatic rings. The molecule has 1 saturated heterocycles. The van der Waals surface area contributed by atoms with Crippen molar-refractivity contribution in [3.05, 3.63) is 65.5 Å². The van der Waals surface area contributed by atoms with Crippen molar-refractivity contribution >= 4 is 49.2 Å². The van der Waals surface area contributed by atoms with Gasteiger partial charge in [0.25, 0.3) is 0 Å². The van der Waals surface area contributed by atoms with E-state index in [0.29, 0.717) is 23.6 Å². The number of ether oxygens (including phenoxy) is 1. The summed E-state index contributed by atoms with van der Waals surface area (Å²) in [4.78, 5) is 24.3. The first-order valence-electron chi connectivity index (χ1n) is 11.8. The number of rotatable bonds is 7. The number of thiazole rings is 1. The molecular formula is C27H25N3O3S. The molecule has 0 amide bonds. The Morgan fingerprint density at radius 2 is 1.88 bits per heavy atom. The van der Waals surface area contributed by atoms with Gasteiger partial charge in [-0.15, -0.1) is 11.3 Å². The largest absolute Gasteiger partial charge is 0.492 e. The topological polar surface area (TPSA) is 68.5 Å². The quantitative estimate of drug-likeness (QED) is 0.276. The number of ketones is 1. The maximum atomic E-state index is 13.0. The molecule has 0 atom stereocenters. The third-order valence-corrected chi connectivity index (χ3v) is 7.26. The van der Waals surface area contributed by atoms with Crippen molar-refractivity contribution in [2.45, 2.75) is 25.7 Å². The second-order valence-electron chi connectivity index (χ2n) is 8.79. The first kappa shape index (κ1) is 21.3. The minimum atomic E-state index is -0.0233. The molecule has 1 aliphatic heterocycles. The molecule has 0 radical (unpaired) electrons. The standard InChI is InChI=1S/C27H25N3O3S/c31-23(16-25-29-22-8-9-24-26(27(22)33-25)28-17-34-24)20-5-4-19-15-21(7-6-18(19)14-20)32-13-12-30-10-2-1-3-11-30/h4-9,14-15,17H,1-3,10-13,16H2. The molecule has 0 unspecified atom stereocenters. The van der Waals surface area contributed by atoms with Gasteiger partial charge in [0.05, 0.1) is 16.6 Å². The summed E-state index contributed by atoms with van der Waals surface area (Å²) in [6.45, 7) is 4.02. The van der Waals surface area contributed by atoms with Gasteiger partial charge in [-0.05, 0) is 67.0 Å². The van der Waals surface area contributed by atoms with Gasteiger partial charge in [0.1, 0.15) is 23.4 Å². The number of oxazole rings is 1. The lowest BCUT2D eigenvalue weighted by Gasteiger charge is -2.26. The van der Waals surface area contributed by atoms with E-state index in [1.165, 1.54) is 32.4 Å². The second-order valence-corrected chi connectivity index (χ2v) is 9.68. The van der Waals surface area contributed by atoms with E-state index in [1.54, 1.807) is 16.8 Å². The van der Waals surface area contributed by atoms with Gasteiger partial charge in [0.2, 0.25) is 5.89 Å². The Morgan fingerprint density at radius 3 is 2.79 bits per heavy atom. The van der Waals surface area contributed by atoms with Crippen molar-refractivity contribution in [3.63, 3.8) is 0 Å². The molecule has 0 saturated carbocycles. The van der Waals surface area contributed by atoms with Crippen LogP contribution in [0.3, 0.4) is 0 Å². The molecule has 5 aromatic rings. The van der Waals surface area contributed by atoms with Crippen LogP contribution in [-0.2, 0) is 6.42 Å². The van der Waals surface area contributed by atoms with Gasteiger partial charge < -0.3 is 9.15 Å². The van der Waals surface area contributed by atoms with E-state index in [0.717, 1.165) is 38.8 Å². The Kier molecular flexibility index (Phi) is 5.73. The van der Waals surface area contributed by atoms with E-state index < -0.39 is 0 Å². The van der Waals surface area contributed by atoms with Crippen molar-refractivity contribution in [1.82, 2.24) is 14.9 Å². The fraction of sp³-hybridized carbons (Fsp3) is 0.296. The van der Waals surface area contributed by atoms with Crippen molar-refractivity contribution in [2.24, 2.45) is 0 Å². The number of piperidine rings is 1. The Labute approximate surface area is 201 Å². The number of hydrogen-bond donors (Lipinski definition) is 0. The van der Waals surface area contributed by atoms with Crippen molar-refractivity contribution in [2.75, 3.05) is 26.2 Å². The van der Waals surface area contributed by atoms with Gasteiger partial charge in [-0.3, -0.25) is 9.69 Å². The molecule has 1 fully saturated rings. The molecule has 0 spiro atoms. The Balaban J connectivity index is 1.14. The zero-order chi connectivity index (χ0) is 22.9. The summed E-state index contributed by atoms with van der Waals surface area (Å²) in [5.41, 5.74) is 4.61. The Hall–Kier alpha value is -3.29. The predicted octanol–water partition coefficient (Wildman–Crippen LogP) is 5.88. The van der Waals surface area contributed by atoms with Gasteiger partial charge in [-0.25, -0.2) is 9.97 Å². The fourth-order valence-electron chi connectivity index (χ4n) is 4.64. The zero-order valence-electron chi connectivity index (χ0n) is 18.8. The highest BCUT2D eigenvalue weighted by molar-refractivity contribution is 7.16. The molecule has 6 rings (SSSR count). The average molecular weight is 472 g/mol. The molecule has 6 nitrogen and oxygen atoms in total. The summed E-state index contributed by atoms with van der Waals surface area (Å²) < 4.78 is 12.9. The SMILES string of the molecule is O=C(Cc1nc2ccc3scnc3c2o1)c1ccc2cc(OCCN3CCCCC3)ccc2c1. The molecule has 7 heteroatoms. The smallest absolute Gasteiger partial charge is 0.203 e. The molecule has 0 N–H and O–H groups in total. The number of carbonyl (C=O) groups excluding carboxylic acids is 1. The molecule has 2 aromatic heterocycles. The number of fused-ring (bicyclic) bond motifs is 4. The third-order valence-electron chi connectivity index (χ3n) is 6.47. The Bertz CT molecular complexity index is 1480. The molecule has 34 heavy (non-hydrogen) atoms. The van der Waals surface area contributed by atoms with Crippen LogP contribution in [0, 0.1) is 0 Å². The van der Waals surface area contributed by atoms with E-state index >= 15 is 0 Å². The van der Waals surface area contributed by atoms with Gasteiger partial charge in [0.15, 0.2) is 11.4 Å². The van der Waals surface area contributed by atoms with Crippen LogP contribution in [0.2, 0.25) is 0 Å². The van der Waals surface area contributed by atoms with Crippen LogP contribution in [0.5, 0.6) is 5.75 Å². The van der Waals surface area contributed by atoms with Crippen molar-refractivity contribution in [3.8, 4) is 5.75 Å². The summed E-state index contributed by atoms with van der Waals surface area (Å²) in [7, 11) is 0. The van der Waals surface area contributed by atoms with Gasteiger partial charge in [-0.2, -0.15) is 0 Å². The van der Waals surface area contributed by atoms with E-state index in [2.05, 4.69) is 14.9 Å². The van der Waals surface area contributed by atoms with Gasteiger partial charge in [0, 0.05) is 12.1 Å². The first-order valence-corrected chi connectivity index (χ1v) is 12.6. The maximum Gasteiger partial charge on any atom is 0.203 e. The van der Waals surface area contributed by atoms with Crippen LogP contribution in [0.1, 0.15) is 35.5 Å². The predicted molar refractivity (Wildman–Crippen MR) is 135 cm³/mol. The molecule has 3 aromatic carbocycles. The lowest BCUT2D eigenvalue weighted by Crippen LogP contribution is -2.33. The second kappa shape index (κ2) is 9.16. The van der Waals surface area contributed by atoms with Crippen LogP contribution in [0.15, 0.2) is 58.5 Å². The summed E-state index contributed by atoms with van der Waals surface area (Å²) in [5.74, 6) is 1.26. The summed E-state index contributed by atoms with van der Waals surface area (Å²) in [6.07, 6.45) is 4.04. The highest BCUT2D eigenvalue weighted by atomic mass is 32.1. The summed E-state index contributed by atoms with van der Waals surface area (Å²) in [5, 5.41) is 2.07. The van der Waals surface area contributed by atoms with E-state index in [1.807, 2.05) is 48.5 Å². The Morgan fingerprint density at radius 1 is 1.03 bits per heavy atom. The maximum absolute atomic E-state index is 13.0.